The first-order chi connectivity index (χ1) is 10.1. The highest BCUT2D eigenvalue weighted by Crippen LogP contribution is 2.25. The zero-order valence-electron chi connectivity index (χ0n) is 13.8. The lowest BCUT2D eigenvalue weighted by atomic mass is 9.89. The predicted molar refractivity (Wildman–Crippen MR) is 88.4 cm³/mol. The van der Waals surface area contributed by atoms with Crippen molar-refractivity contribution in [1.29, 1.82) is 0 Å². The van der Waals surface area contributed by atoms with E-state index in [2.05, 4.69) is 35.6 Å². The molecule has 1 aromatic rings. The Morgan fingerprint density at radius 3 is 2.57 bits per heavy atom. The highest BCUT2D eigenvalue weighted by molar-refractivity contribution is 5.30. The molecule has 4 nitrogen and oxygen atoms in total. The first-order valence-corrected chi connectivity index (χ1v) is 8.41. The molecule has 0 aromatic carbocycles. The molecular weight excluding hydrogens is 260 g/mol. The lowest BCUT2D eigenvalue weighted by molar-refractivity contribution is 0.351. The first kappa shape index (κ1) is 16.2. The molecule has 2 N–H and O–H groups in total. The van der Waals surface area contributed by atoms with Gasteiger partial charge in [-0.3, -0.25) is 0 Å². The molecule has 21 heavy (non-hydrogen) atoms. The monoisotopic (exact) mass is 290 g/mol. The Bertz CT molecular complexity index is 415. The van der Waals surface area contributed by atoms with Crippen LogP contribution in [0.2, 0.25) is 0 Å². The van der Waals surface area contributed by atoms with Crippen LogP contribution < -0.4 is 10.6 Å². The van der Waals surface area contributed by atoms with Crippen molar-refractivity contribution in [1.82, 2.24) is 9.97 Å². The second-order valence-electron chi connectivity index (χ2n) is 6.69. The molecule has 1 aromatic heterocycles. The van der Waals surface area contributed by atoms with Gasteiger partial charge in [0.1, 0.15) is 0 Å². The fourth-order valence-corrected chi connectivity index (χ4v) is 3.05. The van der Waals surface area contributed by atoms with Gasteiger partial charge < -0.3 is 10.6 Å². The molecule has 1 aliphatic rings. The van der Waals surface area contributed by atoms with Gasteiger partial charge in [0, 0.05) is 31.5 Å². The smallest absolute Gasteiger partial charge is 0.225 e. The maximum Gasteiger partial charge on any atom is 0.225 e. The van der Waals surface area contributed by atoms with E-state index in [0.717, 1.165) is 49.3 Å². The zero-order valence-corrected chi connectivity index (χ0v) is 13.8. The van der Waals surface area contributed by atoms with Gasteiger partial charge in [-0.1, -0.05) is 20.8 Å². The van der Waals surface area contributed by atoms with Crippen molar-refractivity contribution in [3.8, 4) is 0 Å². The van der Waals surface area contributed by atoms with Crippen LogP contribution in [-0.2, 0) is 6.42 Å². The summed E-state index contributed by atoms with van der Waals surface area (Å²) >= 11 is 0. The topological polar surface area (TPSA) is 55.0 Å². The molecule has 2 atom stereocenters. The van der Waals surface area contributed by atoms with Crippen molar-refractivity contribution in [3.05, 3.63) is 18.0 Å². The summed E-state index contributed by atoms with van der Waals surface area (Å²) in [6.07, 6.45) is 9.58. The van der Waals surface area contributed by atoms with Gasteiger partial charge in [-0.05, 0) is 49.5 Å². The van der Waals surface area contributed by atoms with Crippen LogP contribution in [0.3, 0.4) is 0 Å². The Morgan fingerprint density at radius 1 is 1.24 bits per heavy atom. The predicted octanol–water partition coefficient (Wildman–Crippen LogP) is 3.02. The number of hydrogen-bond donors (Lipinski definition) is 1. The van der Waals surface area contributed by atoms with Crippen molar-refractivity contribution in [2.24, 2.45) is 17.6 Å². The third-order valence-corrected chi connectivity index (χ3v) is 4.71. The number of rotatable bonds is 5. The molecule has 2 rings (SSSR count). The molecular formula is C17H30N4. The van der Waals surface area contributed by atoms with E-state index in [9.17, 15) is 0 Å². The Labute approximate surface area is 129 Å². The second kappa shape index (κ2) is 7.74. The standard InChI is InChI=1S/C17H30N4/c1-4-16(18)10-14-11-19-17(20-12-14)21-8-5-6-15(7-9-21)13(2)3/h11-13,15-16H,4-10,18H2,1-3H3. The van der Waals surface area contributed by atoms with Crippen LogP contribution in [0.4, 0.5) is 5.95 Å². The number of aromatic nitrogens is 2. The van der Waals surface area contributed by atoms with Gasteiger partial charge in [0.2, 0.25) is 5.95 Å². The van der Waals surface area contributed by atoms with E-state index in [0.29, 0.717) is 0 Å². The minimum atomic E-state index is 0.212. The van der Waals surface area contributed by atoms with Gasteiger partial charge in [0.25, 0.3) is 0 Å². The van der Waals surface area contributed by atoms with E-state index < -0.39 is 0 Å². The summed E-state index contributed by atoms with van der Waals surface area (Å²) in [5.41, 5.74) is 7.13. The Hall–Kier alpha value is -1.16. The quantitative estimate of drug-likeness (QED) is 0.905. The molecule has 0 bridgehead atoms. The van der Waals surface area contributed by atoms with Crippen molar-refractivity contribution >= 4 is 5.95 Å². The third-order valence-electron chi connectivity index (χ3n) is 4.71. The summed E-state index contributed by atoms with van der Waals surface area (Å²) in [6.45, 7) is 8.95. The average Bonchev–Trinajstić information content (AvgIpc) is 2.74. The molecule has 1 aliphatic heterocycles. The molecule has 1 saturated heterocycles. The van der Waals surface area contributed by atoms with Crippen LogP contribution in [-0.4, -0.2) is 29.1 Å². The van der Waals surface area contributed by atoms with Gasteiger partial charge >= 0.3 is 0 Å². The van der Waals surface area contributed by atoms with Crippen molar-refractivity contribution in [3.63, 3.8) is 0 Å². The fourth-order valence-electron chi connectivity index (χ4n) is 3.05. The summed E-state index contributed by atoms with van der Waals surface area (Å²) in [5, 5.41) is 0. The molecule has 1 fully saturated rings. The zero-order chi connectivity index (χ0) is 15.2. The maximum absolute atomic E-state index is 5.98. The lowest BCUT2D eigenvalue weighted by Gasteiger charge is -2.21. The minimum Gasteiger partial charge on any atom is -0.341 e. The highest BCUT2D eigenvalue weighted by atomic mass is 15.2. The van der Waals surface area contributed by atoms with E-state index in [4.69, 9.17) is 5.73 Å². The normalized spacial score (nSPS) is 21.4. The van der Waals surface area contributed by atoms with Crippen molar-refractivity contribution < 1.29 is 0 Å². The number of nitrogens with two attached hydrogens (primary N) is 1. The van der Waals surface area contributed by atoms with Crippen molar-refractivity contribution in [2.45, 2.75) is 58.9 Å². The van der Waals surface area contributed by atoms with E-state index in [1.54, 1.807) is 0 Å². The van der Waals surface area contributed by atoms with Crippen LogP contribution >= 0.6 is 0 Å². The largest absolute Gasteiger partial charge is 0.341 e. The van der Waals surface area contributed by atoms with Crippen LogP contribution in [0, 0.1) is 11.8 Å². The Kier molecular flexibility index (Phi) is 5.97. The molecule has 4 heteroatoms. The Balaban J connectivity index is 1.95. The van der Waals surface area contributed by atoms with Crippen molar-refractivity contribution in [2.75, 3.05) is 18.0 Å². The number of anilines is 1. The molecule has 0 spiro atoms. The van der Waals surface area contributed by atoms with E-state index >= 15 is 0 Å². The SMILES string of the molecule is CCC(N)Cc1cnc(N2CCCC(C(C)C)CC2)nc1. The summed E-state index contributed by atoms with van der Waals surface area (Å²) in [7, 11) is 0. The molecule has 0 amide bonds. The van der Waals surface area contributed by atoms with Gasteiger partial charge in [0.05, 0.1) is 0 Å². The van der Waals surface area contributed by atoms with Gasteiger partial charge in [-0.25, -0.2) is 9.97 Å². The van der Waals surface area contributed by atoms with E-state index in [-0.39, 0.29) is 6.04 Å². The van der Waals surface area contributed by atoms with Crippen LogP contribution in [0.15, 0.2) is 12.4 Å². The van der Waals surface area contributed by atoms with E-state index in [1.807, 2.05) is 12.4 Å². The fraction of sp³-hybridized carbons (Fsp3) is 0.765. The van der Waals surface area contributed by atoms with Gasteiger partial charge in [-0.15, -0.1) is 0 Å². The number of nitrogens with zero attached hydrogens (tertiary/aromatic N) is 3. The molecule has 2 unspecified atom stereocenters. The lowest BCUT2D eigenvalue weighted by Crippen LogP contribution is -2.27. The number of hydrogen-bond acceptors (Lipinski definition) is 4. The minimum absolute atomic E-state index is 0.212. The van der Waals surface area contributed by atoms with Crippen LogP contribution in [0.5, 0.6) is 0 Å². The summed E-state index contributed by atoms with van der Waals surface area (Å²) in [4.78, 5) is 11.5. The van der Waals surface area contributed by atoms with E-state index in [1.165, 1.54) is 19.3 Å². The van der Waals surface area contributed by atoms with Crippen LogP contribution in [0.25, 0.3) is 0 Å². The van der Waals surface area contributed by atoms with Gasteiger partial charge in [-0.2, -0.15) is 0 Å². The average molecular weight is 290 g/mol. The summed E-state index contributed by atoms with van der Waals surface area (Å²) in [5.74, 6) is 2.51. The molecule has 0 radical (unpaired) electrons. The first-order valence-electron chi connectivity index (χ1n) is 8.41. The molecule has 118 valence electrons. The maximum atomic E-state index is 5.98. The Morgan fingerprint density at radius 2 is 1.95 bits per heavy atom. The molecule has 2 heterocycles. The second-order valence-corrected chi connectivity index (χ2v) is 6.69. The summed E-state index contributed by atoms with van der Waals surface area (Å²) < 4.78 is 0. The van der Waals surface area contributed by atoms with Gasteiger partial charge in [0.15, 0.2) is 0 Å². The molecule has 0 saturated carbocycles. The molecule has 0 aliphatic carbocycles. The third kappa shape index (κ3) is 4.67. The summed E-state index contributed by atoms with van der Waals surface area (Å²) in [6, 6.07) is 0.212. The highest BCUT2D eigenvalue weighted by Gasteiger charge is 2.20. The van der Waals surface area contributed by atoms with Crippen LogP contribution in [0.1, 0.15) is 52.0 Å².